The van der Waals surface area contributed by atoms with Gasteiger partial charge in [-0.2, -0.15) is 0 Å². The van der Waals surface area contributed by atoms with Gasteiger partial charge in [-0.1, -0.05) is 85.0 Å². The van der Waals surface area contributed by atoms with Crippen molar-refractivity contribution in [2.45, 2.75) is 38.5 Å². The largest absolute Gasteiger partial charge is 0.396 e. The molecule has 7 aromatic rings. The number of rotatable bonds is 11. The average molecular weight is 767 g/mol. The van der Waals surface area contributed by atoms with Crippen LogP contribution >= 0.6 is 0 Å². The number of nitrogens with zero attached hydrogens (tertiary/aromatic N) is 6. The van der Waals surface area contributed by atoms with E-state index in [1.165, 1.54) is 0 Å². The zero-order valence-corrected chi connectivity index (χ0v) is 31.6. The Balaban J connectivity index is 0.999. The van der Waals surface area contributed by atoms with Crippen molar-refractivity contribution < 1.29 is 24.6 Å². The molecule has 1 aromatic heterocycles. The van der Waals surface area contributed by atoms with E-state index in [2.05, 4.69) is 10.3 Å². The first-order valence-electron chi connectivity index (χ1n) is 19.4. The number of aliphatic hydroxyl groups excluding tert-OH is 1. The highest BCUT2D eigenvalue weighted by Crippen LogP contribution is 2.50. The highest BCUT2D eigenvalue weighted by Gasteiger charge is 2.53. The smallest absolute Gasteiger partial charge is 0.264 e. The number of benzene rings is 6. The molecule has 0 fully saturated rings. The van der Waals surface area contributed by atoms with Crippen molar-refractivity contribution in [1.82, 2.24) is 15.0 Å². The standard InChI is InChI=1S/C47H38N6O5/c1-29(9-2-3-23-50-28-33(22-24-54)48-49-50)47(58)38-26-35(53-41-19-8-14-32-12-6-17-37(43(32)41)45(53)56)20-21-39(38)51(46(47)57)27-30-10-4-15-34(25-30)52-40-18-7-13-31-11-5-16-36(42(31)40)44(52)55/h2,4-21,25-26,28-29,54,58H,3,22-24,27H2,1H3/b9-2+/t29-,47+/m1/s1. The van der Waals surface area contributed by atoms with Crippen LogP contribution < -0.4 is 14.7 Å². The fourth-order valence-electron chi connectivity index (χ4n) is 8.87. The van der Waals surface area contributed by atoms with Crippen LogP contribution in [0, 0.1) is 5.92 Å². The second-order valence-electron chi connectivity index (χ2n) is 15.1. The first-order valence-corrected chi connectivity index (χ1v) is 19.4. The van der Waals surface area contributed by atoms with Gasteiger partial charge in [-0.25, -0.2) is 0 Å². The zero-order valence-electron chi connectivity index (χ0n) is 31.6. The number of aryl methyl sites for hydroxylation is 1. The molecule has 4 heterocycles. The summed E-state index contributed by atoms with van der Waals surface area (Å²) in [6.45, 7) is 2.47. The van der Waals surface area contributed by atoms with Gasteiger partial charge >= 0.3 is 0 Å². The number of hydrogen-bond acceptors (Lipinski definition) is 7. The van der Waals surface area contributed by atoms with Crippen LogP contribution in [0.1, 0.15) is 50.9 Å². The van der Waals surface area contributed by atoms with Crippen molar-refractivity contribution in [3.05, 3.63) is 162 Å². The molecule has 0 radical (unpaired) electrons. The van der Waals surface area contributed by atoms with Crippen molar-refractivity contribution in [3.63, 3.8) is 0 Å². The molecule has 3 aliphatic heterocycles. The molecule has 10 rings (SSSR count). The minimum absolute atomic E-state index is 0.00728. The second kappa shape index (κ2) is 13.6. The monoisotopic (exact) mass is 766 g/mol. The molecule has 0 unspecified atom stereocenters. The Morgan fingerprint density at radius 2 is 1.36 bits per heavy atom. The van der Waals surface area contributed by atoms with Crippen LogP contribution in [0.2, 0.25) is 0 Å². The van der Waals surface area contributed by atoms with Crippen LogP contribution in [0.4, 0.5) is 28.4 Å². The van der Waals surface area contributed by atoms with Crippen LogP contribution in [-0.2, 0) is 29.9 Å². The van der Waals surface area contributed by atoms with E-state index in [-0.39, 0.29) is 25.0 Å². The molecular formula is C47H38N6O5. The van der Waals surface area contributed by atoms with Crippen molar-refractivity contribution >= 4 is 67.7 Å². The van der Waals surface area contributed by atoms with Crippen LogP contribution in [0.5, 0.6) is 0 Å². The number of fused-ring (bicyclic) bond motifs is 1. The number of allylic oxidation sites excluding steroid dienone is 1. The topological polar surface area (TPSA) is 132 Å². The van der Waals surface area contributed by atoms with Gasteiger partial charge in [-0.3, -0.25) is 28.9 Å². The molecule has 3 amide bonds. The van der Waals surface area contributed by atoms with E-state index in [4.69, 9.17) is 0 Å². The van der Waals surface area contributed by atoms with Crippen LogP contribution in [-0.4, -0.2) is 49.5 Å². The summed E-state index contributed by atoms with van der Waals surface area (Å²) in [5, 5.41) is 33.9. The molecule has 11 heteroatoms. The Labute approximate surface area is 333 Å². The molecule has 3 aliphatic rings. The molecule has 2 atom stereocenters. The molecule has 58 heavy (non-hydrogen) atoms. The Bertz CT molecular complexity index is 2870. The lowest BCUT2D eigenvalue weighted by Crippen LogP contribution is -2.44. The van der Waals surface area contributed by atoms with Gasteiger partial charge in [-0.05, 0) is 77.4 Å². The summed E-state index contributed by atoms with van der Waals surface area (Å²) in [6.07, 6.45) is 6.56. The second-order valence-corrected chi connectivity index (χ2v) is 15.1. The summed E-state index contributed by atoms with van der Waals surface area (Å²) in [5.74, 6) is -1.44. The summed E-state index contributed by atoms with van der Waals surface area (Å²) >= 11 is 0. The van der Waals surface area contributed by atoms with Gasteiger partial charge < -0.3 is 15.1 Å². The molecule has 6 aromatic carbocycles. The molecule has 286 valence electrons. The number of amides is 3. The quantitative estimate of drug-likeness (QED) is 0.129. The fraction of sp³-hybridized carbons (Fsp3) is 0.170. The summed E-state index contributed by atoms with van der Waals surface area (Å²) in [4.78, 5) is 47.6. The van der Waals surface area contributed by atoms with Gasteiger partial charge in [-0.15, -0.1) is 5.10 Å². The molecule has 0 saturated carbocycles. The third-order valence-electron chi connectivity index (χ3n) is 11.7. The van der Waals surface area contributed by atoms with Gasteiger partial charge in [0.25, 0.3) is 17.7 Å². The maximum Gasteiger partial charge on any atom is 0.264 e. The van der Waals surface area contributed by atoms with Gasteiger partial charge in [0.15, 0.2) is 5.60 Å². The Kier molecular flexibility index (Phi) is 8.32. The Morgan fingerprint density at radius 3 is 2.02 bits per heavy atom. The van der Waals surface area contributed by atoms with E-state index in [1.54, 1.807) is 31.6 Å². The first-order chi connectivity index (χ1) is 28.3. The van der Waals surface area contributed by atoms with Gasteiger partial charge in [0.1, 0.15) is 0 Å². The number of carbonyl (C=O) groups excluding carboxylic acids is 3. The third-order valence-corrected chi connectivity index (χ3v) is 11.7. The lowest BCUT2D eigenvalue weighted by Gasteiger charge is -2.28. The van der Waals surface area contributed by atoms with Crippen molar-refractivity contribution in [2.24, 2.45) is 5.92 Å². The van der Waals surface area contributed by atoms with Crippen molar-refractivity contribution in [3.8, 4) is 0 Å². The number of carbonyl (C=O) groups is 3. The number of anilines is 5. The lowest BCUT2D eigenvalue weighted by molar-refractivity contribution is -0.139. The number of aliphatic hydroxyl groups is 2. The maximum atomic E-state index is 14.8. The first kappa shape index (κ1) is 35.5. The molecule has 0 spiro atoms. The highest BCUT2D eigenvalue weighted by atomic mass is 16.3. The predicted molar refractivity (Wildman–Crippen MR) is 223 cm³/mol. The minimum Gasteiger partial charge on any atom is -0.396 e. The average Bonchev–Trinajstić information content (AvgIpc) is 3.95. The molecule has 11 nitrogen and oxygen atoms in total. The van der Waals surface area contributed by atoms with E-state index >= 15 is 0 Å². The minimum atomic E-state index is -1.97. The van der Waals surface area contributed by atoms with Crippen LogP contribution in [0.3, 0.4) is 0 Å². The van der Waals surface area contributed by atoms with Crippen molar-refractivity contribution in [2.75, 3.05) is 21.3 Å². The van der Waals surface area contributed by atoms with Crippen molar-refractivity contribution in [1.29, 1.82) is 0 Å². The Morgan fingerprint density at radius 1 is 0.741 bits per heavy atom. The van der Waals surface area contributed by atoms with E-state index in [0.29, 0.717) is 58.8 Å². The van der Waals surface area contributed by atoms with E-state index in [0.717, 1.165) is 38.5 Å². The highest BCUT2D eigenvalue weighted by molar-refractivity contribution is 6.29. The SMILES string of the molecule is C[C@H](/C=C/CCn1cc(CCO)nn1)[C@@]1(O)C(=O)N(Cc2cccc(N3C(=O)c4cccc5cccc3c45)c2)c2ccc(N3C(=O)c4cccc5cccc3c45)cc21. The van der Waals surface area contributed by atoms with E-state index < -0.39 is 17.4 Å². The van der Waals surface area contributed by atoms with E-state index in [9.17, 15) is 24.6 Å². The summed E-state index contributed by atoms with van der Waals surface area (Å²) in [7, 11) is 0. The van der Waals surface area contributed by atoms with Gasteiger partial charge in [0, 0.05) is 59.4 Å². The molecule has 2 N–H and O–H groups in total. The lowest BCUT2D eigenvalue weighted by atomic mass is 9.82. The van der Waals surface area contributed by atoms with E-state index in [1.807, 2.05) is 128 Å². The maximum absolute atomic E-state index is 14.8. The number of hydrogen-bond donors (Lipinski definition) is 2. The normalized spacial score (nSPS) is 17.5. The van der Waals surface area contributed by atoms with Crippen LogP contribution in [0.25, 0.3) is 21.5 Å². The summed E-state index contributed by atoms with van der Waals surface area (Å²) in [6, 6.07) is 36.1. The molecule has 0 bridgehead atoms. The summed E-state index contributed by atoms with van der Waals surface area (Å²) < 4.78 is 1.70. The fourth-order valence-corrected chi connectivity index (χ4v) is 8.87. The number of aromatic nitrogens is 3. The van der Waals surface area contributed by atoms with Crippen LogP contribution in [0.15, 0.2) is 134 Å². The molecule has 0 aliphatic carbocycles. The molecule has 0 saturated heterocycles. The Hall–Kier alpha value is -6.95. The molecular weight excluding hydrogens is 729 g/mol. The third kappa shape index (κ3) is 5.38. The van der Waals surface area contributed by atoms with Gasteiger partial charge in [0.2, 0.25) is 0 Å². The van der Waals surface area contributed by atoms with Gasteiger partial charge in [0.05, 0.1) is 40.4 Å². The zero-order chi connectivity index (χ0) is 39.7. The predicted octanol–water partition coefficient (Wildman–Crippen LogP) is 7.72. The summed E-state index contributed by atoms with van der Waals surface area (Å²) in [5.41, 5.74) is 4.48.